The fourth-order valence-electron chi connectivity index (χ4n) is 2.93. The lowest BCUT2D eigenvalue weighted by Crippen LogP contribution is -2.41. The van der Waals surface area contributed by atoms with E-state index in [9.17, 15) is 4.79 Å². The first kappa shape index (κ1) is 16.0. The van der Waals surface area contributed by atoms with Crippen molar-refractivity contribution in [3.8, 4) is 0 Å². The molecule has 0 bridgehead atoms. The molecule has 1 unspecified atom stereocenters. The topological polar surface area (TPSA) is 44.4 Å². The molecule has 1 heterocycles. The Hall–Kier alpha value is -1.39. The van der Waals surface area contributed by atoms with Gasteiger partial charge in [0.15, 0.2) is 0 Å². The van der Waals surface area contributed by atoms with E-state index in [0.717, 1.165) is 18.8 Å². The molecule has 21 heavy (non-hydrogen) atoms. The van der Waals surface area contributed by atoms with Crippen LogP contribution >= 0.6 is 0 Å². The molecule has 1 aromatic rings. The van der Waals surface area contributed by atoms with Gasteiger partial charge in [-0.15, -0.1) is 0 Å². The van der Waals surface area contributed by atoms with Crippen molar-refractivity contribution >= 4 is 11.6 Å². The molecule has 2 N–H and O–H groups in total. The Balaban J connectivity index is 1.91. The van der Waals surface area contributed by atoms with Gasteiger partial charge in [-0.05, 0) is 50.0 Å². The Labute approximate surface area is 127 Å². The van der Waals surface area contributed by atoms with E-state index in [4.69, 9.17) is 0 Å². The minimum atomic E-state index is 0.0823. The predicted octanol–water partition coefficient (Wildman–Crippen LogP) is 2.43. The summed E-state index contributed by atoms with van der Waals surface area (Å²) in [5.74, 6) is 0.555. The maximum atomic E-state index is 12.2. The molecule has 1 amide bonds. The number of likely N-dealkylation sites (N-methyl/N-ethyl adjacent to an activating group) is 1. The predicted molar refractivity (Wildman–Crippen MR) is 87.7 cm³/mol. The van der Waals surface area contributed by atoms with E-state index in [1.165, 1.54) is 18.4 Å². The van der Waals surface area contributed by atoms with Crippen LogP contribution in [0.25, 0.3) is 0 Å². The number of hydrogen-bond acceptors (Lipinski definition) is 3. The first-order valence-electron chi connectivity index (χ1n) is 7.88. The molecule has 1 aliphatic heterocycles. The van der Waals surface area contributed by atoms with Gasteiger partial charge in [-0.25, -0.2) is 0 Å². The highest BCUT2D eigenvalue weighted by atomic mass is 16.2. The van der Waals surface area contributed by atoms with E-state index in [1.54, 1.807) is 0 Å². The van der Waals surface area contributed by atoms with E-state index in [-0.39, 0.29) is 5.91 Å². The van der Waals surface area contributed by atoms with Gasteiger partial charge in [0, 0.05) is 18.3 Å². The summed E-state index contributed by atoms with van der Waals surface area (Å²) in [6, 6.07) is 8.62. The van der Waals surface area contributed by atoms with Crippen molar-refractivity contribution < 1.29 is 4.79 Å². The van der Waals surface area contributed by atoms with Gasteiger partial charge in [0.1, 0.15) is 0 Å². The molecule has 1 aromatic carbocycles. The number of carbonyl (C=O) groups is 1. The van der Waals surface area contributed by atoms with E-state index >= 15 is 0 Å². The summed E-state index contributed by atoms with van der Waals surface area (Å²) in [6.45, 7) is 6.78. The zero-order valence-electron chi connectivity index (χ0n) is 13.4. The number of anilines is 1. The fraction of sp³-hybridized carbons (Fsp3) is 0.588. The van der Waals surface area contributed by atoms with Gasteiger partial charge in [0.2, 0.25) is 5.91 Å². The molecule has 2 rings (SSSR count). The smallest absolute Gasteiger partial charge is 0.238 e. The van der Waals surface area contributed by atoms with Crippen molar-refractivity contribution in [2.75, 3.05) is 32.0 Å². The van der Waals surface area contributed by atoms with Crippen molar-refractivity contribution in [2.24, 2.45) is 0 Å². The Morgan fingerprint density at radius 2 is 2.24 bits per heavy atom. The van der Waals surface area contributed by atoms with Crippen LogP contribution in [0.5, 0.6) is 0 Å². The minimum absolute atomic E-state index is 0.0823. The Bertz CT molecular complexity index is 473. The summed E-state index contributed by atoms with van der Waals surface area (Å²) in [6.07, 6.45) is 2.36. The average molecular weight is 289 g/mol. The molecule has 0 radical (unpaired) electrons. The Kier molecular flexibility index (Phi) is 5.76. The largest absolute Gasteiger partial charge is 0.325 e. The van der Waals surface area contributed by atoms with E-state index in [0.29, 0.717) is 18.5 Å². The van der Waals surface area contributed by atoms with Gasteiger partial charge < -0.3 is 10.6 Å². The second-order valence-electron chi connectivity index (χ2n) is 6.15. The van der Waals surface area contributed by atoms with Gasteiger partial charge in [-0.2, -0.15) is 0 Å². The number of benzene rings is 1. The third-order valence-electron chi connectivity index (χ3n) is 4.12. The molecule has 1 aliphatic rings. The summed E-state index contributed by atoms with van der Waals surface area (Å²) in [4.78, 5) is 14.5. The van der Waals surface area contributed by atoms with E-state index in [1.807, 2.05) is 19.2 Å². The van der Waals surface area contributed by atoms with Crippen molar-refractivity contribution in [2.45, 2.75) is 38.6 Å². The van der Waals surface area contributed by atoms with Gasteiger partial charge in [-0.3, -0.25) is 9.69 Å². The monoisotopic (exact) mass is 289 g/mol. The molecular formula is C17H27N3O. The second-order valence-corrected chi connectivity index (χ2v) is 6.15. The Morgan fingerprint density at radius 3 is 2.95 bits per heavy atom. The van der Waals surface area contributed by atoms with Crippen LogP contribution in [0.1, 0.15) is 38.2 Å². The lowest BCUT2D eigenvalue weighted by atomic mass is 10.0. The van der Waals surface area contributed by atoms with Gasteiger partial charge in [-0.1, -0.05) is 26.0 Å². The third-order valence-corrected chi connectivity index (χ3v) is 4.12. The van der Waals surface area contributed by atoms with Gasteiger partial charge in [0.05, 0.1) is 6.54 Å². The molecule has 0 aliphatic carbocycles. The molecule has 1 atom stereocenters. The molecule has 116 valence electrons. The highest BCUT2D eigenvalue weighted by Gasteiger charge is 2.25. The van der Waals surface area contributed by atoms with Crippen LogP contribution in [-0.4, -0.2) is 43.5 Å². The number of nitrogens with one attached hydrogen (secondary N) is 2. The quantitative estimate of drug-likeness (QED) is 0.845. The van der Waals surface area contributed by atoms with Crippen molar-refractivity contribution in [1.82, 2.24) is 10.2 Å². The lowest BCUT2D eigenvalue weighted by molar-refractivity contribution is -0.117. The maximum absolute atomic E-state index is 12.2. The first-order valence-corrected chi connectivity index (χ1v) is 7.88. The number of likely N-dealkylation sites (tertiary alicyclic amines) is 1. The molecule has 4 heteroatoms. The van der Waals surface area contributed by atoms with Crippen molar-refractivity contribution in [3.63, 3.8) is 0 Å². The SMILES string of the molecule is CNCC1CCCN1CC(=O)Nc1cccc(C(C)C)c1. The summed E-state index contributed by atoms with van der Waals surface area (Å²) < 4.78 is 0. The van der Waals surface area contributed by atoms with Crippen LogP contribution < -0.4 is 10.6 Å². The standard InChI is InChI=1S/C17H27N3O/c1-13(2)14-6-4-7-15(10-14)19-17(21)12-20-9-5-8-16(20)11-18-3/h4,6-7,10,13,16,18H,5,8-9,11-12H2,1-3H3,(H,19,21). The number of hydrogen-bond donors (Lipinski definition) is 2. The fourth-order valence-corrected chi connectivity index (χ4v) is 2.93. The lowest BCUT2D eigenvalue weighted by Gasteiger charge is -2.23. The highest BCUT2D eigenvalue weighted by Crippen LogP contribution is 2.19. The normalized spacial score (nSPS) is 19.1. The summed E-state index contributed by atoms with van der Waals surface area (Å²) in [7, 11) is 1.97. The van der Waals surface area contributed by atoms with Gasteiger partial charge in [0.25, 0.3) is 0 Å². The molecule has 1 fully saturated rings. The van der Waals surface area contributed by atoms with E-state index in [2.05, 4.69) is 41.5 Å². The zero-order chi connectivity index (χ0) is 15.2. The van der Waals surface area contributed by atoms with Crippen LogP contribution in [0.4, 0.5) is 5.69 Å². The van der Waals surface area contributed by atoms with E-state index < -0.39 is 0 Å². The van der Waals surface area contributed by atoms with Crippen molar-refractivity contribution in [1.29, 1.82) is 0 Å². The van der Waals surface area contributed by atoms with Crippen LogP contribution in [-0.2, 0) is 4.79 Å². The zero-order valence-corrected chi connectivity index (χ0v) is 13.4. The number of amides is 1. The number of rotatable bonds is 6. The summed E-state index contributed by atoms with van der Waals surface area (Å²) in [5.41, 5.74) is 2.15. The number of carbonyl (C=O) groups excluding carboxylic acids is 1. The molecule has 4 nitrogen and oxygen atoms in total. The molecule has 1 saturated heterocycles. The van der Waals surface area contributed by atoms with Crippen LogP contribution in [0.15, 0.2) is 24.3 Å². The van der Waals surface area contributed by atoms with Crippen LogP contribution in [0.3, 0.4) is 0 Å². The van der Waals surface area contributed by atoms with Gasteiger partial charge >= 0.3 is 0 Å². The number of nitrogens with zero attached hydrogens (tertiary/aromatic N) is 1. The molecule has 0 spiro atoms. The molecule has 0 saturated carbocycles. The van der Waals surface area contributed by atoms with Crippen molar-refractivity contribution in [3.05, 3.63) is 29.8 Å². The summed E-state index contributed by atoms with van der Waals surface area (Å²) in [5, 5.41) is 6.23. The minimum Gasteiger partial charge on any atom is -0.325 e. The van der Waals surface area contributed by atoms with Crippen LogP contribution in [0.2, 0.25) is 0 Å². The average Bonchev–Trinajstić information content (AvgIpc) is 2.86. The molecular weight excluding hydrogens is 262 g/mol. The first-order chi connectivity index (χ1) is 10.1. The molecule has 0 aromatic heterocycles. The Morgan fingerprint density at radius 1 is 1.43 bits per heavy atom. The second kappa shape index (κ2) is 7.57. The van der Waals surface area contributed by atoms with Crippen LogP contribution in [0, 0.1) is 0 Å². The maximum Gasteiger partial charge on any atom is 0.238 e. The summed E-state index contributed by atoms with van der Waals surface area (Å²) >= 11 is 0. The highest BCUT2D eigenvalue weighted by molar-refractivity contribution is 5.92. The third kappa shape index (κ3) is 4.55.